The van der Waals surface area contributed by atoms with Gasteiger partial charge in [-0.25, -0.2) is 39.5 Å². The van der Waals surface area contributed by atoms with Crippen molar-refractivity contribution in [2.24, 2.45) is 11.8 Å². The van der Waals surface area contributed by atoms with E-state index < -0.39 is 11.2 Å². The second kappa shape index (κ2) is 19.0. The highest BCUT2D eigenvalue weighted by atomic mass is 79.9. The van der Waals surface area contributed by atoms with Crippen LogP contribution in [0, 0.1) is 11.8 Å². The van der Waals surface area contributed by atoms with Crippen molar-refractivity contribution in [1.29, 1.82) is 0 Å². The van der Waals surface area contributed by atoms with Crippen LogP contribution in [0.4, 0.5) is 21.2 Å². The highest BCUT2D eigenvalue weighted by Gasteiger charge is 2.29. The van der Waals surface area contributed by atoms with Crippen LogP contribution in [0.2, 0.25) is 0 Å². The normalized spacial score (nSPS) is 16.1. The predicted molar refractivity (Wildman–Crippen MR) is 242 cm³/mol. The topological polar surface area (TPSA) is 217 Å². The fourth-order valence-corrected chi connectivity index (χ4v) is 9.53. The van der Waals surface area contributed by atoms with Gasteiger partial charge in [-0.1, -0.05) is 11.8 Å². The number of nitrogen functional groups attached to an aromatic ring is 2. The lowest BCUT2D eigenvalue weighted by Gasteiger charge is -2.33. The first-order chi connectivity index (χ1) is 29.4. The number of amides is 2. The Kier molecular flexibility index (Phi) is 13.9. The average Bonchev–Trinajstić information content (AvgIpc) is 3.91. The molecule has 18 nitrogen and oxygen atoms in total. The molecule has 0 bridgehead atoms. The monoisotopic (exact) mass is 1000 g/mol. The quantitative estimate of drug-likeness (QED) is 0.140. The van der Waals surface area contributed by atoms with E-state index in [1.165, 1.54) is 24.4 Å². The first-order valence-electron chi connectivity index (χ1n) is 20.7. The molecule has 8 rings (SSSR count). The second-order valence-corrected chi connectivity index (χ2v) is 20.2. The van der Waals surface area contributed by atoms with Crippen LogP contribution >= 0.6 is 43.6 Å². The van der Waals surface area contributed by atoms with Crippen LogP contribution in [0.15, 0.2) is 44.0 Å². The number of anilines is 2. The molecular formula is C41H54Br2N12O6S. The van der Waals surface area contributed by atoms with Crippen molar-refractivity contribution in [2.75, 3.05) is 44.4 Å². The maximum absolute atomic E-state index is 12.4. The van der Waals surface area contributed by atoms with Gasteiger partial charge in [-0.2, -0.15) is 0 Å². The Morgan fingerprint density at radius 2 is 1.19 bits per heavy atom. The summed E-state index contributed by atoms with van der Waals surface area (Å²) in [6.07, 6.45) is 8.22. The molecule has 3 aliphatic heterocycles. The van der Waals surface area contributed by atoms with Gasteiger partial charge in [0.05, 0.1) is 0 Å². The number of piperidine rings is 2. The van der Waals surface area contributed by atoms with Crippen LogP contribution in [0.5, 0.6) is 11.5 Å². The number of carbonyl (C=O) groups excluding carboxylic acids is 2. The van der Waals surface area contributed by atoms with Crippen LogP contribution in [0.1, 0.15) is 80.1 Å². The first-order valence-corrected chi connectivity index (χ1v) is 23.1. The smallest absolute Gasteiger partial charge is 0.410 e. The molecule has 5 aromatic rings. The van der Waals surface area contributed by atoms with E-state index in [-0.39, 0.29) is 19.0 Å². The summed E-state index contributed by atoms with van der Waals surface area (Å²) in [6, 6.07) is 3.85. The van der Waals surface area contributed by atoms with Gasteiger partial charge in [0, 0.05) is 48.6 Å². The minimum Gasteiger partial charge on any atom is -0.454 e. The number of rotatable bonds is 8. The lowest BCUT2D eigenvalue weighted by molar-refractivity contribution is 0.0169. The third-order valence-corrected chi connectivity index (χ3v) is 13.3. The highest BCUT2D eigenvalue weighted by Crippen LogP contribution is 2.43. The number of likely N-dealkylation sites (tertiary alicyclic amines) is 2. The van der Waals surface area contributed by atoms with E-state index in [4.69, 9.17) is 35.4 Å². The summed E-state index contributed by atoms with van der Waals surface area (Å²) in [5.74, 6) is 3.20. The molecule has 3 aliphatic rings. The van der Waals surface area contributed by atoms with Gasteiger partial charge in [-0.05, 0) is 136 Å². The lowest BCUT2D eigenvalue weighted by atomic mass is 9.94. The molecule has 4 aromatic heterocycles. The van der Waals surface area contributed by atoms with Crippen LogP contribution in [-0.2, 0) is 22.6 Å². The number of hydrogen-bond donors (Lipinski definition) is 2. The van der Waals surface area contributed by atoms with E-state index >= 15 is 0 Å². The van der Waals surface area contributed by atoms with Gasteiger partial charge in [0.2, 0.25) is 6.79 Å². The number of halogens is 2. The zero-order valence-electron chi connectivity index (χ0n) is 35.9. The van der Waals surface area contributed by atoms with Crippen molar-refractivity contribution in [3.8, 4) is 11.5 Å². The maximum Gasteiger partial charge on any atom is 0.410 e. The summed E-state index contributed by atoms with van der Waals surface area (Å²) in [7, 11) is 0. The number of carbonyl (C=O) groups is 2. The molecule has 0 unspecified atom stereocenters. The predicted octanol–water partition coefficient (Wildman–Crippen LogP) is 8.30. The molecule has 21 heteroatoms. The summed E-state index contributed by atoms with van der Waals surface area (Å²) in [6.45, 7) is 16.0. The van der Waals surface area contributed by atoms with E-state index in [9.17, 15) is 9.59 Å². The molecule has 0 spiro atoms. The third kappa shape index (κ3) is 11.1. The summed E-state index contributed by atoms with van der Waals surface area (Å²) >= 11 is 8.64. The number of aryl methyl sites for hydroxylation is 2. The van der Waals surface area contributed by atoms with Gasteiger partial charge in [0.15, 0.2) is 55.4 Å². The molecule has 4 N–H and O–H groups in total. The van der Waals surface area contributed by atoms with Gasteiger partial charge in [-0.3, -0.25) is 0 Å². The second-order valence-electron chi connectivity index (χ2n) is 17.6. The number of ether oxygens (including phenoxy) is 4. The van der Waals surface area contributed by atoms with Crippen molar-refractivity contribution < 1.29 is 28.5 Å². The van der Waals surface area contributed by atoms with E-state index in [2.05, 4.69) is 61.3 Å². The van der Waals surface area contributed by atoms with Crippen molar-refractivity contribution in [3.05, 3.63) is 34.0 Å². The van der Waals surface area contributed by atoms with Crippen LogP contribution in [-0.4, -0.2) is 105 Å². The van der Waals surface area contributed by atoms with Crippen molar-refractivity contribution in [3.63, 3.8) is 0 Å². The van der Waals surface area contributed by atoms with E-state index in [0.29, 0.717) is 69.5 Å². The fraction of sp³-hybridized carbons (Fsp3) is 0.561. The van der Waals surface area contributed by atoms with Crippen molar-refractivity contribution in [2.45, 2.75) is 114 Å². The number of benzene rings is 1. The van der Waals surface area contributed by atoms with E-state index in [1.807, 2.05) is 58.2 Å². The molecule has 1 aromatic carbocycles. The number of fused-ring (bicyclic) bond motifs is 3. The summed E-state index contributed by atoms with van der Waals surface area (Å²) in [4.78, 5) is 55.2. The molecule has 2 fully saturated rings. The maximum atomic E-state index is 12.4. The van der Waals surface area contributed by atoms with Crippen LogP contribution < -0.4 is 20.9 Å². The zero-order chi connectivity index (χ0) is 44.3. The Hall–Kier alpha value is -4.63. The van der Waals surface area contributed by atoms with Gasteiger partial charge in [0.25, 0.3) is 0 Å². The fourth-order valence-electron chi connectivity index (χ4n) is 7.50. The lowest BCUT2D eigenvalue weighted by Crippen LogP contribution is -2.41. The Balaban J connectivity index is 0.000000197. The first kappa shape index (κ1) is 45.4. The number of imidazole rings is 2. The van der Waals surface area contributed by atoms with E-state index in [1.54, 1.807) is 9.80 Å². The molecule has 0 atom stereocenters. The molecule has 7 heterocycles. The summed E-state index contributed by atoms with van der Waals surface area (Å²) in [5.41, 5.74) is 13.7. The minimum atomic E-state index is -0.485. The van der Waals surface area contributed by atoms with Crippen LogP contribution in [0.3, 0.4) is 0 Å². The van der Waals surface area contributed by atoms with Gasteiger partial charge >= 0.3 is 12.2 Å². The molecular weight excluding hydrogens is 948 g/mol. The molecule has 2 saturated heterocycles. The average molecular weight is 1000 g/mol. The summed E-state index contributed by atoms with van der Waals surface area (Å²) < 4.78 is 27.7. The molecule has 0 saturated carbocycles. The van der Waals surface area contributed by atoms with Gasteiger partial charge in [0.1, 0.15) is 23.9 Å². The Labute approximate surface area is 381 Å². The number of nitrogens with zero attached hydrogens (tertiary/aromatic N) is 10. The summed E-state index contributed by atoms with van der Waals surface area (Å²) in [5, 5.41) is 0.781. The molecule has 0 radical (unpaired) electrons. The molecule has 2 amide bonds. The van der Waals surface area contributed by atoms with Gasteiger partial charge in [-0.15, -0.1) is 0 Å². The SMILES string of the molecule is CC(C)(C)OC(=O)N1CCC(CCn2c(Br)nc3c(N)ncnc32)CC1.CC(C)(C)OC(=O)N1CCC(CCn2c(Sc3cc4c(cc3Br)OCO4)nc3c(N)ncnc32)CC1. The standard InChI is InChI=1S/C24H29BrN6O4S.C17H25BrN6O2/c1-24(2,3)35-23(32)30-7-4-14(5-8-30)6-9-31-21-19(20(26)27-12-28-21)29-22(31)36-18-11-17-16(10-15(18)25)33-13-34-17;1-17(2,3)26-16(25)23-7-4-11(5-8-23)6-9-24-14-12(22-15(24)18)13(19)20-10-21-14/h10-12,14H,4-9,13H2,1-3H3,(H2,26,27,28);10-11H,4-9H2,1-3H3,(H2,19,20,21). The van der Waals surface area contributed by atoms with Crippen molar-refractivity contribution in [1.82, 2.24) is 48.8 Å². The largest absolute Gasteiger partial charge is 0.454 e. The number of hydrogen-bond acceptors (Lipinski definition) is 15. The Morgan fingerprint density at radius 1 is 0.726 bits per heavy atom. The third-order valence-electron chi connectivity index (χ3n) is 10.7. The Bertz CT molecular complexity index is 2400. The van der Waals surface area contributed by atoms with Crippen molar-refractivity contribution >= 4 is 89.8 Å². The molecule has 62 heavy (non-hydrogen) atoms. The number of aromatic nitrogens is 8. The highest BCUT2D eigenvalue weighted by molar-refractivity contribution is 9.10. The van der Waals surface area contributed by atoms with Crippen LogP contribution in [0.25, 0.3) is 22.3 Å². The molecule has 334 valence electrons. The van der Waals surface area contributed by atoms with E-state index in [0.717, 1.165) is 84.9 Å². The number of nitrogens with two attached hydrogens (primary N) is 2. The zero-order valence-corrected chi connectivity index (χ0v) is 39.9. The minimum absolute atomic E-state index is 0.216. The molecule has 0 aliphatic carbocycles. The Morgan fingerprint density at radius 3 is 1.71 bits per heavy atom. The van der Waals surface area contributed by atoms with Gasteiger partial charge < -0.3 is 49.3 Å².